The summed E-state index contributed by atoms with van der Waals surface area (Å²) in [6.45, 7) is 4.78. The van der Waals surface area contributed by atoms with E-state index in [-0.39, 0.29) is 10.6 Å². The monoisotopic (exact) mass is 489 g/mol. The molecule has 35 heavy (non-hydrogen) atoms. The predicted molar refractivity (Wildman–Crippen MR) is 139 cm³/mol. The Morgan fingerprint density at radius 3 is 2.51 bits per heavy atom. The van der Waals surface area contributed by atoms with Crippen LogP contribution in [0, 0.1) is 24.0 Å². The van der Waals surface area contributed by atoms with Gasteiger partial charge in [-0.25, -0.2) is 4.99 Å². The van der Waals surface area contributed by atoms with Gasteiger partial charge in [-0.2, -0.15) is 0 Å². The zero-order valence-corrected chi connectivity index (χ0v) is 21.0. The SMILES string of the molecule is COc1ccc(CCn2c(-c3cccc([N+](=O)[O-])c3)csc2=Nc2cccc(C)c2C)cc1OC. The lowest BCUT2D eigenvalue weighted by Gasteiger charge is -2.12. The molecule has 8 heteroatoms. The van der Waals surface area contributed by atoms with Gasteiger partial charge in [0.25, 0.3) is 5.69 Å². The molecule has 0 bridgehead atoms. The summed E-state index contributed by atoms with van der Waals surface area (Å²) in [7, 11) is 3.24. The van der Waals surface area contributed by atoms with Crippen LogP contribution in [0.3, 0.4) is 0 Å². The first-order valence-electron chi connectivity index (χ1n) is 11.2. The van der Waals surface area contributed by atoms with E-state index in [1.54, 1.807) is 26.4 Å². The number of nitrogens with zero attached hydrogens (tertiary/aromatic N) is 3. The average Bonchev–Trinajstić information content (AvgIpc) is 3.27. The van der Waals surface area contributed by atoms with Crippen molar-refractivity contribution < 1.29 is 14.4 Å². The predicted octanol–water partition coefficient (Wildman–Crippen LogP) is 6.23. The van der Waals surface area contributed by atoms with E-state index in [4.69, 9.17) is 14.5 Å². The highest BCUT2D eigenvalue weighted by molar-refractivity contribution is 7.07. The normalized spacial score (nSPS) is 11.5. The van der Waals surface area contributed by atoms with Gasteiger partial charge < -0.3 is 14.0 Å². The molecule has 0 aliphatic rings. The molecule has 0 spiro atoms. The second-order valence-electron chi connectivity index (χ2n) is 8.13. The van der Waals surface area contributed by atoms with Gasteiger partial charge in [0, 0.05) is 29.6 Å². The molecule has 0 fully saturated rings. The molecule has 0 saturated carbocycles. The molecule has 0 aliphatic heterocycles. The maximum atomic E-state index is 11.4. The van der Waals surface area contributed by atoms with Gasteiger partial charge in [0.2, 0.25) is 0 Å². The highest BCUT2D eigenvalue weighted by Gasteiger charge is 2.14. The standard InChI is InChI=1S/C27H27N3O4S/c1-18-7-5-10-23(19(18)2)28-27-29(14-13-20-11-12-25(33-3)26(15-20)34-4)24(17-35-27)21-8-6-9-22(16-21)30(31)32/h5-12,15-17H,13-14H2,1-4H3. The number of aryl methyl sites for hydroxylation is 2. The summed E-state index contributed by atoms with van der Waals surface area (Å²) in [5.41, 5.74) is 6.05. The fourth-order valence-electron chi connectivity index (χ4n) is 3.88. The Hall–Kier alpha value is -3.91. The number of hydrogen-bond acceptors (Lipinski definition) is 6. The van der Waals surface area contributed by atoms with Gasteiger partial charge in [-0.1, -0.05) is 30.3 Å². The van der Waals surface area contributed by atoms with Gasteiger partial charge in [0.15, 0.2) is 16.3 Å². The largest absolute Gasteiger partial charge is 0.493 e. The zero-order valence-electron chi connectivity index (χ0n) is 20.1. The van der Waals surface area contributed by atoms with E-state index < -0.39 is 0 Å². The number of methoxy groups -OCH3 is 2. The van der Waals surface area contributed by atoms with Gasteiger partial charge in [-0.3, -0.25) is 10.1 Å². The Kier molecular flexibility index (Phi) is 7.31. The lowest BCUT2D eigenvalue weighted by Crippen LogP contribution is -2.17. The topological polar surface area (TPSA) is 78.9 Å². The zero-order chi connectivity index (χ0) is 24.9. The number of nitro benzene ring substituents is 1. The van der Waals surface area contributed by atoms with E-state index in [0.29, 0.717) is 18.0 Å². The highest BCUT2D eigenvalue weighted by atomic mass is 32.1. The summed E-state index contributed by atoms with van der Waals surface area (Å²) in [5.74, 6) is 1.36. The maximum absolute atomic E-state index is 11.4. The lowest BCUT2D eigenvalue weighted by atomic mass is 10.1. The van der Waals surface area contributed by atoms with E-state index in [1.165, 1.54) is 23.0 Å². The number of benzene rings is 3. The van der Waals surface area contributed by atoms with Crippen LogP contribution in [0.25, 0.3) is 11.3 Å². The molecular weight excluding hydrogens is 462 g/mol. The fourth-order valence-corrected chi connectivity index (χ4v) is 4.83. The summed E-state index contributed by atoms with van der Waals surface area (Å²) in [6.07, 6.45) is 0.721. The third kappa shape index (κ3) is 5.27. The molecule has 3 aromatic carbocycles. The third-order valence-electron chi connectivity index (χ3n) is 6.01. The van der Waals surface area contributed by atoms with Crippen LogP contribution in [-0.4, -0.2) is 23.7 Å². The van der Waals surface area contributed by atoms with Crippen molar-refractivity contribution in [2.24, 2.45) is 4.99 Å². The molecule has 0 atom stereocenters. The Morgan fingerprint density at radius 2 is 1.77 bits per heavy atom. The van der Waals surface area contributed by atoms with Crippen molar-refractivity contribution in [2.45, 2.75) is 26.8 Å². The smallest absolute Gasteiger partial charge is 0.270 e. The number of nitro groups is 1. The van der Waals surface area contributed by atoms with Gasteiger partial charge in [-0.15, -0.1) is 11.3 Å². The number of ether oxygens (including phenoxy) is 2. The molecule has 1 aromatic heterocycles. The van der Waals surface area contributed by atoms with Crippen molar-refractivity contribution in [1.29, 1.82) is 0 Å². The van der Waals surface area contributed by atoms with Crippen molar-refractivity contribution in [2.75, 3.05) is 14.2 Å². The third-order valence-corrected chi connectivity index (χ3v) is 6.88. The second kappa shape index (κ2) is 10.6. The lowest BCUT2D eigenvalue weighted by molar-refractivity contribution is -0.384. The average molecular weight is 490 g/mol. The summed E-state index contributed by atoms with van der Waals surface area (Å²) in [6, 6.07) is 18.7. The summed E-state index contributed by atoms with van der Waals surface area (Å²) < 4.78 is 12.9. The molecular formula is C27H27N3O4S. The van der Waals surface area contributed by atoms with Crippen LogP contribution in [0.5, 0.6) is 11.5 Å². The van der Waals surface area contributed by atoms with E-state index >= 15 is 0 Å². The Bertz CT molecular complexity index is 1440. The number of rotatable bonds is 8. The van der Waals surface area contributed by atoms with Crippen molar-refractivity contribution in [3.05, 3.63) is 97.6 Å². The minimum atomic E-state index is -0.370. The van der Waals surface area contributed by atoms with Gasteiger partial charge in [-0.05, 0) is 55.2 Å². The van der Waals surface area contributed by atoms with Crippen molar-refractivity contribution in [1.82, 2.24) is 4.57 Å². The van der Waals surface area contributed by atoms with Crippen LogP contribution in [0.1, 0.15) is 16.7 Å². The van der Waals surface area contributed by atoms with Crippen LogP contribution in [0.4, 0.5) is 11.4 Å². The van der Waals surface area contributed by atoms with Crippen molar-refractivity contribution >= 4 is 22.7 Å². The van der Waals surface area contributed by atoms with Crippen LogP contribution in [0.2, 0.25) is 0 Å². The molecule has 0 radical (unpaired) electrons. The second-order valence-corrected chi connectivity index (χ2v) is 8.97. The molecule has 4 aromatic rings. The first kappa shape index (κ1) is 24.2. The molecule has 0 unspecified atom stereocenters. The fraction of sp³-hybridized carbons (Fsp3) is 0.222. The summed E-state index contributed by atoms with van der Waals surface area (Å²) in [4.78, 5) is 16.8. The van der Waals surface area contributed by atoms with E-state index in [2.05, 4.69) is 24.5 Å². The Morgan fingerprint density at radius 1 is 1.00 bits per heavy atom. The first-order valence-corrected chi connectivity index (χ1v) is 12.0. The summed E-state index contributed by atoms with van der Waals surface area (Å²) >= 11 is 1.53. The number of aromatic nitrogens is 1. The maximum Gasteiger partial charge on any atom is 0.270 e. The molecule has 4 rings (SSSR count). The Labute approximate surface area is 208 Å². The van der Waals surface area contributed by atoms with Crippen LogP contribution >= 0.6 is 11.3 Å². The van der Waals surface area contributed by atoms with Crippen LogP contribution < -0.4 is 14.3 Å². The quantitative estimate of drug-likeness (QED) is 0.217. The van der Waals surface area contributed by atoms with Crippen molar-refractivity contribution in [3.8, 4) is 22.8 Å². The number of hydrogen-bond donors (Lipinski definition) is 0. The number of thiazole rings is 1. The Balaban J connectivity index is 1.79. The highest BCUT2D eigenvalue weighted by Crippen LogP contribution is 2.29. The summed E-state index contributed by atoms with van der Waals surface area (Å²) in [5, 5.41) is 13.4. The van der Waals surface area contributed by atoms with Gasteiger partial charge >= 0.3 is 0 Å². The van der Waals surface area contributed by atoms with Gasteiger partial charge in [0.1, 0.15) is 0 Å². The number of non-ortho nitro benzene ring substituents is 1. The molecule has 1 heterocycles. The van der Waals surface area contributed by atoms with E-state index in [1.807, 2.05) is 41.8 Å². The van der Waals surface area contributed by atoms with Gasteiger partial charge in [0.05, 0.1) is 30.5 Å². The van der Waals surface area contributed by atoms with Crippen LogP contribution in [0.15, 0.2) is 71.0 Å². The molecule has 0 N–H and O–H groups in total. The molecule has 7 nitrogen and oxygen atoms in total. The minimum Gasteiger partial charge on any atom is -0.493 e. The van der Waals surface area contributed by atoms with Crippen LogP contribution in [-0.2, 0) is 13.0 Å². The molecule has 0 amide bonds. The van der Waals surface area contributed by atoms with E-state index in [9.17, 15) is 10.1 Å². The molecule has 0 saturated heterocycles. The first-order chi connectivity index (χ1) is 16.9. The molecule has 180 valence electrons. The van der Waals surface area contributed by atoms with Crippen molar-refractivity contribution in [3.63, 3.8) is 0 Å². The minimum absolute atomic E-state index is 0.0631. The molecule has 0 aliphatic carbocycles. The van der Waals surface area contributed by atoms with E-state index in [0.717, 1.165) is 39.3 Å².